The maximum absolute atomic E-state index is 12.0. The molecule has 0 atom stereocenters. The van der Waals surface area contributed by atoms with Gasteiger partial charge in [-0.3, -0.25) is 14.5 Å². The van der Waals surface area contributed by atoms with E-state index in [4.69, 9.17) is 0 Å². The van der Waals surface area contributed by atoms with Crippen molar-refractivity contribution in [3.63, 3.8) is 0 Å². The molecule has 2 aromatic rings. The molecule has 5 nitrogen and oxygen atoms in total. The lowest BCUT2D eigenvalue weighted by molar-refractivity contribution is -0.121. The summed E-state index contributed by atoms with van der Waals surface area (Å²) in [5.41, 5.74) is 4.25. The van der Waals surface area contributed by atoms with Crippen LogP contribution in [0.3, 0.4) is 0 Å². The van der Waals surface area contributed by atoms with E-state index in [0.29, 0.717) is 25.9 Å². The molecule has 0 bridgehead atoms. The summed E-state index contributed by atoms with van der Waals surface area (Å²) in [6.45, 7) is 8.96. The van der Waals surface area contributed by atoms with Gasteiger partial charge in [-0.1, -0.05) is 12.1 Å². The maximum Gasteiger partial charge on any atom is 0.220 e. The third-order valence-corrected chi connectivity index (χ3v) is 3.65. The summed E-state index contributed by atoms with van der Waals surface area (Å²) in [5.74, 6) is 0.0409. The number of carbonyl (C=O) groups is 1. The normalized spacial score (nSPS) is 10.5. The second-order valence-electron chi connectivity index (χ2n) is 5.26. The van der Waals surface area contributed by atoms with Gasteiger partial charge in [-0.25, -0.2) is 0 Å². The predicted octanol–water partition coefficient (Wildman–Crippen LogP) is 2.33. The van der Waals surface area contributed by atoms with E-state index in [0.717, 1.165) is 22.5 Å². The number of aryl methyl sites for hydroxylation is 1. The van der Waals surface area contributed by atoms with Crippen molar-refractivity contribution in [2.75, 3.05) is 0 Å². The summed E-state index contributed by atoms with van der Waals surface area (Å²) >= 11 is 0. The molecule has 2 rings (SSSR count). The van der Waals surface area contributed by atoms with Crippen LogP contribution in [0.1, 0.15) is 28.9 Å². The highest BCUT2D eigenvalue weighted by molar-refractivity contribution is 5.76. The third-order valence-electron chi connectivity index (χ3n) is 3.65. The van der Waals surface area contributed by atoms with Gasteiger partial charge in [0.05, 0.1) is 12.2 Å². The zero-order chi connectivity index (χ0) is 15.9. The van der Waals surface area contributed by atoms with Crippen LogP contribution in [0.4, 0.5) is 0 Å². The molecule has 0 spiro atoms. The van der Waals surface area contributed by atoms with Crippen LogP contribution in [0.2, 0.25) is 0 Å². The summed E-state index contributed by atoms with van der Waals surface area (Å²) in [7, 11) is 0. The highest BCUT2D eigenvalue weighted by Crippen LogP contribution is 2.15. The number of carbonyl (C=O) groups excluding carboxylic acids is 1. The van der Waals surface area contributed by atoms with E-state index in [2.05, 4.69) is 22.0 Å². The summed E-state index contributed by atoms with van der Waals surface area (Å²) in [5, 5.41) is 7.39. The highest BCUT2D eigenvalue weighted by Gasteiger charge is 2.12. The van der Waals surface area contributed by atoms with Crippen LogP contribution in [0.5, 0.6) is 0 Å². The van der Waals surface area contributed by atoms with Crippen LogP contribution >= 0.6 is 0 Å². The second kappa shape index (κ2) is 7.54. The molecular formula is C17H22N4O. The first-order chi connectivity index (χ1) is 10.6. The van der Waals surface area contributed by atoms with Gasteiger partial charge in [0.2, 0.25) is 5.91 Å². The van der Waals surface area contributed by atoms with Gasteiger partial charge in [-0.15, -0.1) is 6.58 Å². The summed E-state index contributed by atoms with van der Waals surface area (Å²) in [6, 6.07) is 3.81. The number of hydrogen-bond acceptors (Lipinski definition) is 3. The van der Waals surface area contributed by atoms with E-state index in [1.165, 1.54) is 0 Å². The number of nitrogens with one attached hydrogen (secondary N) is 1. The summed E-state index contributed by atoms with van der Waals surface area (Å²) < 4.78 is 1.92. The monoisotopic (exact) mass is 298 g/mol. The molecule has 1 amide bonds. The predicted molar refractivity (Wildman–Crippen MR) is 86.3 cm³/mol. The maximum atomic E-state index is 12.0. The average molecular weight is 298 g/mol. The van der Waals surface area contributed by atoms with E-state index < -0.39 is 0 Å². The van der Waals surface area contributed by atoms with Crippen LogP contribution < -0.4 is 5.32 Å². The summed E-state index contributed by atoms with van der Waals surface area (Å²) in [6.07, 6.45) is 6.46. The second-order valence-corrected chi connectivity index (χ2v) is 5.26. The van der Waals surface area contributed by atoms with E-state index >= 15 is 0 Å². The molecule has 0 saturated heterocycles. The lowest BCUT2D eigenvalue weighted by Crippen LogP contribution is -2.23. The van der Waals surface area contributed by atoms with E-state index in [1.54, 1.807) is 12.4 Å². The number of rotatable bonds is 7. The Morgan fingerprint density at radius 2 is 2.27 bits per heavy atom. The van der Waals surface area contributed by atoms with Crippen molar-refractivity contribution in [2.45, 2.75) is 39.8 Å². The molecule has 0 aliphatic carbocycles. The van der Waals surface area contributed by atoms with Gasteiger partial charge >= 0.3 is 0 Å². The molecule has 2 heterocycles. The van der Waals surface area contributed by atoms with Crippen LogP contribution in [0.15, 0.2) is 37.2 Å². The van der Waals surface area contributed by atoms with E-state index in [-0.39, 0.29) is 5.91 Å². The molecule has 0 aliphatic rings. The van der Waals surface area contributed by atoms with Crippen molar-refractivity contribution in [2.24, 2.45) is 0 Å². The van der Waals surface area contributed by atoms with Gasteiger partial charge in [0, 0.05) is 31.1 Å². The van der Waals surface area contributed by atoms with E-state index in [1.807, 2.05) is 36.7 Å². The Balaban J connectivity index is 1.87. The minimum Gasteiger partial charge on any atom is -0.352 e. The first kappa shape index (κ1) is 15.9. The van der Waals surface area contributed by atoms with Gasteiger partial charge < -0.3 is 5.32 Å². The zero-order valence-corrected chi connectivity index (χ0v) is 13.2. The third kappa shape index (κ3) is 4.04. The Morgan fingerprint density at radius 3 is 2.95 bits per heavy atom. The molecule has 0 aliphatic heterocycles. The fourth-order valence-corrected chi connectivity index (χ4v) is 2.43. The first-order valence-electron chi connectivity index (χ1n) is 7.41. The van der Waals surface area contributed by atoms with Crippen molar-refractivity contribution in [3.8, 4) is 0 Å². The quantitative estimate of drug-likeness (QED) is 0.798. The molecule has 2 aromatic heterocycles. The molecule has 116 valence electrons. The lowest BCUT2D eigenvalue weighted by atomic mass is 10.1. The Kier molecular flexibility index (Phi) is 5.47. The Morgan fingerprint density at radius 1 is 1.45 bits per heavy atom. The Hall–Kier alpha value is -2.43. The Bertz CT molecular complexity index is 646. The van der Waals surface area contributed by atoms with Crippen molar-refractivity contribution in [1.29, 1.82) is 0 Å². The van der Waals surface area contributed by atoms with Crippen molar-refractivity contribution >= 4 is 5.91 Å². The minimum atomic E-state index is 0.0409. The number of pyridine rings is 1. The molecule has 0 saturated carbocycles. The highest BCUT2D eigenvalue weighted by atomic mass is 16.1. The molecule has 0 unspecified atom stereocenters. The lowest BCUT2D eigenvalue weighted by Gasteiger charge is -2.06. The van der Waals surface area contributed by atoms with Crippen LogP contribution in [-0.4, -0.2) is 20.7 Å². The van der Waals surface area contributed by atoms with Crippen molar-refractivity contribution in [1.82, 2.24) is 20.1 Å². The van der Waals surface area contributed by atoms with E-state index in [9.17, 15) is 4.79 Å². The molecule has 22 heavy (non-hydrogen) atoms. The number of hydrogen-bond donors (Lipinski definition) is 1. The number of allylic oxidation sites excluding steroid dienone is 1. The SMILES string of the molecule is C=CCn1nc(C)c(CCC(=O)NCc2cccnc2)c1C. The zero-order valence-electron chi connectivity index (χ0n) is 13.2. The van der Waals surface area contributed by atoms with Crippen LogP contribution in [0.25, 0.3) is 0 Å². The van der Waals surface area contributed by atoms with Gasteiger partial charge in [0.1, 0.15) is 0 Å². The standard InChI is InChI=1S/C17H22N4O/c1-4-10-21-14(3)16(13(2)20-21)7-8-17(22)19-12-15-6-5-9-18-11-15/h4-6,9,11H,1,7-8,10,12H2,2-3H3,(H,19,22). The van der Waals surface area contributed by atoms with Crippen LogP contribution in [0, 0.1) is 13.8 Å². The number of amides is 1. The van der Waals surface area contributed by atoms with Gasteiger partial charge in [-0.05, 0) is 37.5 Å². The fourth-order valence-electron chi connectivity index (χ4n) is 2.43. The molecular weight excluding hydrogens is 276 g/mol. The molecule has 0 radical (unpaired) electrons. The smallest absolute Gasteiger partial charge is 0.220 e. The molecule has 0 aromatic carbocycles. The van der Waals surface area contributed by atoms with Crippen molar-refractivity contribution < 1.29 is 4.79 Å². The van der Waals surface area contributed by atoms with Crippen LogP contribution in [-0.2, 0) is 24.3 Å². The van der Waals surface area contributed by atoms with Gasteiger partial charge in [0.15, 0.2) is 0 Å². The van der Waals surface area contributed by atoms with Crippen molar-refractivity contribution in [3.05, 3.63) is 59.7 Å². The molecule has 1 N–H and O–H groups in total. The Labute approximate surface area is 131 Å². The number of aromatic nitrogens is 3. The van der Waals surface area contributed by atoms with Gasteiger partial charge in [0.25, 0.3) is 0 Å². The minimum absolute atomic E-state index is 0.0409. The molecule has 5 heteroatoms. The topological polar surface area (TPSA) is 59.8 Å². The van der Waals surface area contributed by atoms with Gasteiger partial charge in [-0.2, -0.15) is 5.10 Å². The summed E-state index contributed by atoms with van der Waals surface area (Å²) in [4.78, 5) is 16.0. The number of nitrogens with zero attached hydrogens (tertiary/aromatic N) is 3. The largest absolute Gasteiger partial charge is 0.352 e. The average Bonchev–Trinajstić information content (AvgIpc) is 2.79. The molecule has 0 fully saturated rings. The fraction of sp³-hybridized carbons (Fsp3) is 0.353. The first-order valence-corrected chi connectivity index (χ1v) is 7.41.